The number of pyridine rings is 1. The molecule has 2 heterocycles. The molecule has 3 rings (SSSR count). The fraction of sp³-hybridized carbons (Fsp3) is 0.294. The Balaban J connectivity index is 1.54. The van der Waals surface area contributed by atoms with E-state index in [0.717, 1.165) is 44.1 Å². The Labute approximate surface area is 149 Å². The van der Waals surface area contributed by atoms with Crippen molar-refractivity contribution >= 4 is 28.8 Å². The highest BCUT2D eigenvalue weighted by Gasteiger charge is 2.30. The molecule has 132 valence electrons. The SMILES string of the molecule is FC(F)(F)c1ccc(NC(=S)N2CCN(c3ccccn3)CC2)cc1. The molecule has 0 aliphatic carbocycles. The number of hydrogen-bond donors (Lipinski definition) is 1. The largest absolute Gasteiger partial charge is 0.416 e. The Morgan fingerprint density at radius 2 is 1.68 bits per heavy atom. The highest BCUT2D eigenvalue weighted by molar-refractivity contribution is 7.80. The minimum absolute atomic E-state index is 0.514. The fourth-order valence-corrected chi connectivity index (χ4v) is 2.92. The van der Waals surface area contributed by atoms with Crippen molar-refractivity contribution in [2.75, 3.05) is 36.4 Å². The quantitative estimate of drug-likeness (QED) is 0.821. The molecule has 1 aliphatic rings. The molecule has 4 nitrogen and oxygen atoms in total. The Morgan fingerprint density at radius 1 is 1.00 bits per heavy atom. The third-order valence-electron chi connectivity index (χ3n) is 4.00. The number of rotatable bonds is 2. The van der Waals surface area contributed by atoms with Gasteiger partial charge in [-0.1, -0.05) is 6.07 Å². The number of alkyl halides is 3. The van der Waals surface area contributed by atoms with Crippen LogP contribution in [0.5, 0.6) is 0 Å². The lowest BCUT2D eigenvalue weighted by molar-refractivity contribution is -0.137. The Hall–Kier alpha value is -2.35. The Bertz CT molecular complexity index is 711. The van der Waals surface area contributed by atoms with E-state index in [9.17, 15) is 13.2 Å². The van der Waals surface area contributed by atoms with E-state index in [0.29, 0.717) is 10.8 Å². The molecule has 1 aromatic heterocycles. The van der Waals surface area contributed by atoms with Gasteiger partial charge in [-0.25, -0.2) is 4.98 Å². The normalized spacial score (nSPS) is 15.2. The van der Waals surface area contributed by atoms with Crippen LogP contribution in [0.4, 0.5) is 24.7 Å². The molecule has 0 unspecified atom stereocenters. The van der Waals surface area contributed by atoms with E-state index in [4.69, 9.17) is 12.2 Å². The molecule has 1 N–H and O–H groups in total. The number of nitrogens with zero attached hydrogens (tertiary/aromatic N) is 3. The summed E-state index contributed by atoms with van der Waals surface area (Å²) in [4.78, 5) is 8.52. The van der Waals surface area contributed by atoms with Gasteiger partial charge in [-0.05, 0) is 48.6 Å². The van der Waals surface area contributed by atoms with Crippen LogP contribution in [-0.4, -0.2) is 41.2 Å². The van der Waals surface area contributed by atoms with E-state index in [1.807, 2.05) is 23.1 Å². The third kappa shape index (κ3) is 4.39. The van der Waals surface area contributed by atoms with Crippen molar-refractivity contribution in [2.45, 2.75) is 6.18 Å². The van der Waals surface area contributed by atoms with Crippen molar-refractivity contribution in [3.8, 4) is 0 Å². The second-order valence-corrected chi connectivity index (χ2v) is 6.05. The zero-order valence-electron chi connectivity index (χ0n) is 13.3. The number of anilines is 2. The number of nitrogens with one attached hydrogen (secondary N) is 1. The van der Waals surface area contributed by atoms with Gasteiger partial charge in [-0.3, -0.25) is 0 Å². The van der Waals surface area contributed by atoms with Crippen LogP contribution in [0.25, 0.3) is 0 Å². The molecule has 0 bridgehead atoms. The zero-order valence-corrected chi connectivity index (χ0v) is 14.1. The number of hydrogen-bond acceptors (Lipinski definition) is 3. The number of thiocarbonyl (C=S) groups is 1. The Kier molecular flexibility index (Phi) is 5.08. The molecular formula is C17H17F3N4S. The molecule has 1 fully saturated rings. The van der Waals surface area contributed by atoms with E-state index < -0.39 is 11.7 Å². The molecule has 1 aromatic carbocycles. The van der Waals surface area contributed by atoms with Crippen LogP contribution in [-0.2, 0) is 6.18 Å². The van der Waals surface area contributed by atoms with Gasteiger partial charge in [0.15, 0.2) is 5.11 Å². The lowest BCUT2D eigenvalue weighted by Crippen LogP contribution is -2.50. The van der Waals surface area contributed by atoms with E-state index in [1.165, 1.54) is 12.1 Å². The molecule has 0 amide bonds. The molecule has 25 heavy (non-hydrogen) atoms. The topological polar surface area (TPSA) is 31.4 Å². The van der Waals surface area contributed by atoms with Crippen molar-refractivity contribution in [3.05, 3.63) is 54.2 Å². The van der Waals surface area contributed by atoms with Crippen LogP contribution in [0.3, 0.4) is 0 Å². The van der Waals surface area contributed by atoms with Gasteiger partial charge in [0.2, 0.25) is 0 Å². The first-order valence-corrected chi connectivity index (χ1v) is 8.23. The summed E-state index contributed by atoms with van der Waals surface area (Å²) in [5.41, 5.74) is -0.127. The third-order valence-corrected chi connectivity index (χ3v) is 4.36. The number of halogens is 3. The minimum atomic E-state index is -4.33. The van der Waals surface area contributed by atoms with Crippen LogP contribution in [0.1, 0.15) is 5.56 Å². The van der Waals surface area contributed by atoms with Gasteiger partial charge in [0, 0.05) is 38.1 Å². The predicted octanol–water partition coefficient (Wildman–Crippen LogP) is 3.62. The van der Waals surface area contributed by atoms with Crippen LogP contribution < -0.4 is 10.2 Å². The lowest BCUT2D eigenvalue weighted by Gasteiger charge is -2.36. The van der Waals surface area contributed by atoms with Gasteiger partial charge >= 0.3 is 6.18 Å². The van der Waals surface area contributed by atoms with Crippen LogP contribution in [0, 0.1) is 0 Å². The molecule has 0 atom stereocenters. The molecule has 2 aromatic rings. The summed E-state index contributed by atoms with van der Waals surface area (Å²) in [7, 11) is 0. The smallest absolute Gasteiger partial charge is 0.353 e. The summed E-state index contributed by atoms with van der Waals surface area (Å²) < 4.78 is 37.8. The second kappa shape index (κ2) is 7.26. The van der Waals surface area contributed by atoms with Gasteiger partial charge in [0.05, 0.1) is 5.56 Å². The monoisotopic (exact) mass is 366 g/mol. The second-order valence-electron chi connectivity index (χ2n) is 5.67. The molecule has 1 saturated heterocycles. The predicted molar refractivity (Wildman–Crippen MR) is 95.7 cm³/mol. The number of aromatic nitrogens is 1. The molecule has 0 radical (unpaired) electrons. The summed E-state index contributed by atoms with van der Waals surface area (Å²) >= 11 is 5.38. The fourth-order valence-electron chi connectivity index (χ4n) is 2.62. The van der Waals surface area contributed by atoms with Crippen molar-refractivity contribution in [1.29, 1.82) is 0 Å². The summed E-state index contributed by atoms with van der Waals surface area (Å²) in [5.74, 6) is 0.934. The van der Waals surface area contributed by atoms with Gasteiger partial charge in [-0.15, -0.1) is 0 Å². The number of piperazine rings is 1. The van der Waals surface area contributed by atoms with Gasteiger partial charge in [0.25, 0.3) is 0 Å². The summed E-state index contributed by atoms with van der Waals surface area (Å²) in [6.07, 6.45) is -2.57. The molecule has 0 spiro atoms. The van der Waals surface area contributed by atoms with E-state index in [1.54, 1.807) is 6.20 Å². The van der Waals surface area contributed by atoms with Crippen molar-refractivity contribution in [3.63, 3.8) is 0 Å². The first-order chi connectivity index (χ1) is 11.9. The minimum Gasteiger partial charge on any atom is -0.353 e. The average Bonchev–Trinajstić information content (AvgIpc) is 2.62. The van der Waals surface area contributed by atoms with Gasteiger partial charge in [-0.2, -0.15) is 13.2 Å². The van der Waals surface area contributed by atoms with Crippen molar-refractivity contribution in [1.82, 2.24) is 9.88 Å². The highest BCUT2D eigenvalue weighted by Crippen LogP contribution is 2.29. The van der Waals surface area contributed by atoms with Crippen LogP contribution in [0.15, 0.2) is 48.7 Å². The lowest BCUT2D eigenvalue weighted by atomic mass is 10.2. The van der Waals surface area contributed by atoms with Crippen LogP contribution >= 0.6 is 12.2 Å². The van der Waals surface area contributed by atoms with E-state index >= 15 is 0 Å². The highest BCUT2D eigenvalue weighted by atomic mass is 32.1. The maximum Gasteiger partial charge on any atom is 0.416 e. The van der Waals surface area contributed by atoms with Crippen molar-refractivity contribution in [2.24, 2.45) is 0 Å². The molecule has 1 aliphatic heterocycles. The first kappa shape index (κ1) is 17.5. The van der Waals surface area contributed by atoms with Crippen molar-refractivity contribution < 1.29 is 13.2 Å². The van der Waals surface area contributed by atoms with E-state index in [-0.39, 0.29) is 0 Å². The van der Waals surface area contributed by atoms with Gasteiger partial charge < -0.3 is 15.1 Å². The van der Waals surface area contributed by atoms with Crippen LogP contribution in [0.2, 0.25) is 0 Å². The molecule has 0 saturated carbocycles. The average molecular weight is 366 g/mol. The Morgan fingerprint density at radius 3 is 2.24 bits per heavy atom. The summed E-state index contributed by atoms with van der Waals surface area (Å²) in [6, 6.07) is 10.7. The van der Waals surface area contributed by atoms with Gasteiger partial charge in [0.1, 0.15) is 5.82 Å². The first-order valence-electron chi connectivity index (χ1n) is 7.83. The number of benzene rings is 1. The zero-order chi connectivity index (χ0) is 17.9. The summed E-state index contributed by atoms with van der Waals surface area (Å²) in [5, 5.41) is 3.52. The van der Waals surface area contributed by atoms with E-state index in [2.05, 4.69) is 15.2 Å². The molecular weight excluding hydrogens is 349 g/mol. The maximum atomic E-state index is 12.6. The maximum absolute atomic E-state index is 12.6. The standard InChI is InChI=1S/C17H17F3N4S/c18-17(19,20)13-4-6-14(7-5-13)22-16(25)24-11-9-23(10-12-24)15-3-1-2-8-21-15/h1-8H,9-12H2,(H,22,25). The molecule has 8 heteroatoms. The summed E-state index contributed by atoms with van der Waals surface area (Å²) in [6.45, 7) is 3.02.